The van der Waals surface area contributed by atoms with Gasteiger partial charge in [-0.3, -0.25) is 0 Å². The molecule has 2 rings (SSSR count). The van der Waals surface area contributed by atoms with Crippen molar-refractivity contribution >= 4 is 33.0 Å². The van der Waals surface area contributed by atoms with Crippen LogP contribution in [0.2, 0.25) is 4.34 Å². The minimum atomic E-state index is -3.42. The predicted octanol–water partition coefficient (Wildman–Crippen LogP) is 1.68. The second kappa shape index (κ2) is 5.24. The van der Waals surface area contributed by atoms with E-state index in [0.29, 0.717) is 10.3 Å². The summed E-state index contributed by atoms with van der Waals surface area (Å²) in [5, 5.41) is 3.24. The van der Waals surface area contributed by atoms with E-state index in [9.17, 15) is 8.42 Å². The van der Waals surface area contributed by atoms with Gasteiger partial charge in [0, 0.05) is 6.04 Å². The fourth-order valence-electron chi connectivity index (χ4n) is 1.89. The highest BCUT2D eigenvalue weighted by Gasteiger charge is 2.27. The number of rotatable bonds is 3. The van der Waals surface area contributed by atoms with Crippen molar-refractivity contribution < 1.29 is 8.42 Å². The fraction of sp³-hybridized carbons (Fsp3) is 0.600. The van der Waals surface area contributed by atoms with Crippen molar-refractivity contribution in [2.45, 2.75) is 23.6 Å². The van der Waals surface area contributed by atoms with Gasteiger partial charge in [-0.15, -0.1) is 11.3 Å². The molecule has 1 aliphatic rings. The lowest BCUT2D eigenvalue weighted by molar-refractivity contribution is 0.328. The maximum Gasteiger partial charge on any atom is 0.250 e. The smallest absolute Gasteiger partial charge is 0.250 e. The lowest BCUT2D eigenvalue weighted by Crippen LogP contribution is -2.48. The summed E-state index contributed by atoms with van der Waals surface area (Å²) < 4.78 is 27.7. The van der Waals surface area contributed by atoms with Crippen LogP contribution in [0.3, 0.4) is 0 Å². The number of thiophene rings is 1. The van der Waals surface area contributed by atoms with E-state index in [1.807, 2.05) is 6.92 Å². The average Bonchev–Trinajstić information content (AvgIpc) is 2.69. The first kappa shape index (κ1) is 13.3. The van der Waals surface area contributed by atoms with Gasteiger partial charge in [0.25, 0.3) is 0 Å². The molecule has 2 unspecified atom stereocenters. The van der Waals surface area contributed by atoms with E-state index in [-0.39, 0.29) is 10.3 Å². The quantitative estimate of drug-likeness (QED) is 0.892. The van der Waals surface area contributed by atoms with E-state index < -0.39 is 10.0 Å². The third kappa shape index (κ3) is 3.20. The normalized spacial score (nSPS) is 26.0. The SMILES string of the molecule is CC1CNCCC1NS(=O)(=O)c1ccc(Cl)s1. The standard InChI is InChI=1S/C10H15ClN2O2S2/c1-7-6-12-5-4-8(7)13-17(14,15)10-3-2-9(11)16-10/h2-3,7-8,12-13H,4-6H2,1H3. The zero-order chi connectivity index (χ0) is 12.5. The summed E-state index contributed by atoms with van der Waals surface area (Å²) in [6, 6.07) is 3.15. The summed E-state index contributed by atoms with van der Waals surface area (Å²) in [5.74, 6) is 0.300. The largest absolute Gasteiger partial charge is 0.316 e. The summed E-state index contributed by atoms with van der Waals surface area (Å²) in [6.07, 6.45) is 0.819. The van der Waals surface area contributed by atoms with Crippen molar-refractivity contribution in [3.8, 4) is 0 Å². The maximum atomic E-state index is 12.1. The molecule has 1 aromatic rings. The third-order valence-electron chi connectivity index (χ3n) is 2.91. The number of sulfonamides is 1. The molecule has 2 heterocycles. The summed E-state index contributed by atoms with van der Waals surface area (Å²) in [4.78, 5) is 0. The highest BCUT2D eigenvalue weighted by molar-refractivity contribution is 7.91. The number of piperidine rings is 1. The van der Waals surface area contributed by atoms with Crippen molar-refractivity contribution in [3.63, 3.8) is 0 Å². The van der Waals surface area contributed by atoms with Crippen LogP contribution < -0.4 is 10.0 Å². The Morgan fingerprint density at radius 1 is 1.53 bits per heavy atom. The van der Waals surface area contributed by atoms with Gasteiger partial charge in [0.15, 0.2) is 0 Å². The highest BCUT2D eigenvalue weighted by Crippen LogP contribution is 2.26. The third-order valence-corrected chi connectivity index (χ3v) is 6.12. The molecule has 96 valence electrons. The van der Waals surface area contributed by atoms with Crippen LogP contribution in [0, 0.1) is 5.92 Å². The summed E-state index contributed by atoms with van der Waals surface area (Å²) in [7, 11) is -3.42. The van der Waals surface area contributed by atoms with Gasteiger partial charge in [0.2, 0.25) is 10.0 Å². The molecule has 1 saturated heterocycles. The second-order valence-electron chi connectivity index (χ2n) is 4.26. The molecule has 0 aliphatic carbocycles. The molecule has 4 nitrogen and oxygen atoms in total. The summed E-state index contributed by atoms with van der Waals surface area (Å²) >= 11 is 6.84. The monoisotopic (exact) mass is 294 g/mol. The molecule has 0 aromatic carbocycles. The first-order valence-corrected chi connectivity index (χ1v) is 8.15. The van der Waals surface area contributed by atoms with Crippen molar-refractivity contribution in [2.24, 2.45) is 5.92 Å². The summed E-state index contributed by atoms with van der Waals surface area (Å²) in [5.41, 5.74) is 0. The van der Waals surface area contributed by atoms with Crippen LogP contribution in [0.4, 0.5) is 0 Å². The first-order valence-electron chi connectivity index (χ1n) is 5.47. The number of halogens is 1. The van der Waals surface area contributed by atoms with Crippen molar-refractivity contribution in [1.82, 2.24) is 10.0 Å². The van der Waals surface area contributed by atoms with Crippen LogP contribution >= 0.6 is 22.9 Å². The van der Waals surface area contributed by atoms with Crippen molar-refractivity contribution in [3.05, 3.63) is 16.5 Å². The summed E-state index contributed by atoms with van der Waals surface area (Å²) in [6.45, 7) is 3.74. The molecule has 17 heavy (non-hydrogen) atoms. The lowest BCUT2D eigenvalue weighted by atomic mass is 9.97. The van der Waals surface area contributed by atoms with Crippen LogP contribution in [0.1, 0.15) is 13.3 Å². The topological polar surface area (TPSA) is 58.2 Å². The van der Waals surface area contributed by atoms with Gasteiger partial charge in [-0.2, -0.15) is 0 Å². The van der Waals surface area contributed by atoms with E-state index in [1.54, 1.807) is 12.1 Å². The van der Waals surface area contributed by atoms with Crippen LogP contribution in [-0.4, -0.2) is 27.5 Å². The molecule has 0 amide bonds. The van der Waals surface area contributed by atoms with E-state index >= 15 is 0 Å². The molecular weight excluding hydrogens is 280 g/mol. The second-order valence-corrected chi connectivity index (χ2v) is 7.91. The molecule has 0 saturated carbocycles. The molecule has 0 bridgehead atoms. The van der Waals surface area contributed by atoms with Gasteiger partial charge in [0.1, 0.15) is 4.21 Å². The molecule has 1 aromatic heterocycles. The van der Waals surface area contributed by atoms with Crippen LogP contribution in [-0.2, 0) is 10.0 Å². The minimum absolute atomic E-state index is 0.00197. The van der Waals surface area contributed by atoms with E-state index in [4.69, 9.17) is 11.6 Å². The number of hydrogen-bond donors (Lipinski definition) is 2. The minimum Gasteiger partial charge on any atom is -0.316 e. The first-order chi connectivity index (χ1) is 7.99. The molecule has 2 N–H and O–H groups in total. The van der Waals surface area contributed by atoms with Crippen molar-refractivity contribution in [2.75, 3.05) is 13.1 Å². The van der Waals surface area contributed by atoms with E-state index in [2.05, 4.69) is 10.0 Å². The molecule has 0 spiro atoms. The van der Waals surface area contributed by atoms with Crippen LogP contribution in [0.25, 0.3) is 0 Å². The van der Waals surface area contributed by atoms with Gasteiger partial charge >= 0.3 is 0 Å². The van der Waals surface area contributed by atoms with Crippen LogP contribution in [0.5, 0.6) is 0 Å². The zero-order valence-electron chi connectivity index (χ0n) is 9.44. The Bertz CT molecular complexity index is 486. The Labute approximate surface area is 110 Å². The van der Waals surface area contributed by atoms with Gasteiger partial charge in [-0.05, 0) is 37.6 Å². The Kier molecular flexibility index (Phi) is 4.10. The van der Waals surface area contributed by atoms with Crippen LogP contribution in [0.15, 0.2) is 16.3 Å². The van der Waals surface area contributed by atoms with Gasteiger partial charge < -0.3 is 5.32 Å². The Hall–Kier alpha value is -0.140. The molecule has 1 aliphatic heterocycles. The molecular formula is C10H15ClN2O2S2. The molecule has 1 fully saturated rings. The molecule has 0 radical (unpaired) electrons. The highest BCUT2D eigenvalue weighted by atomic mass is 35.5. The Balaban J connectivity index is 2.11. The zero-order valence-corrected chi connectivity index (χ0v) is 11.8. The molecule has 7 heteroatoms. The predicted molar refractivity (Wildman–Crippen MR) is 70.1 cm³/mol. The lowest BCUT2D eigenvalue weighted by Gasteiger charge is -2.29. The van der Waals surface area contributed by atoms with Crippen molar-refractivity contribution in [1.29, 1.82) is 0 Å². The average molecular weight is 295 g/mol. The van der Waals surface area contributed by atoms with E-state index in [1.165, 1.54) is 0 Å². The van der Waals surface area contributed by atoms with Gasteiger partial charge in [0.05, 0.1) is 4.34 Å². The molecule has 2 atom stereocenters. The van der Waals surface area contributed by atoms with Gasteiger partial charge in [-0.1, -0.05) is 18.5 Å². The number of hydrogen-bond acceptors (Lipinski definition) is 4. The fourth-order valence-corrected chi connectivity index (χ4v) is 4.77. The number of nitrogens with one attached hydrogen (secondary N) is 2. The van der Waals surface area contributed by atoms with Gasteiger partial charge in [-0.25, -0.2) is 13.1 Å². The van der Waals surface area contributed by atoms with E-state index in [0.717, 1.165) is 30.8 Å². The maximum absolute atomic E-state index is 12.1. The Morgan fingerprint density at radius 3 is 2.88 bits per heavy atom. The Morgan fingerprint density at radius 2 is 2.29 bits per heavy atom.